The topological polar surface area (TPSA) is 50.8 Å². The van der Waals surface area contributed by atoms with Gasteiger partial charge in [0.25, 0.3) is 0 Å². The zero-order valence-corrected chi connectivity index (χ0v) is 16.6. The average Bonchev–Trinajstić information content (AvgIpc) is 3.16. The molecule has 2 aliphatic rings. The highest BCUT2D eigenvalue weighted by Gasteiger charge is 2.30. The molecule has 1 heterocycles. The van der Waals surface area contributed by atoms with Crippen LogP contribution in [0.25, 0.3) is 0 Å². The van der Waals surface area contributed by atoms with Crippen LogP contribution in [0.2, 0.25) is 0 Å². The quantitative estimate of drug-likeness (QED) is 0.704. The third kappa shape index (κ3) is 5.25. The fraction of sp³-hybridized carbons (Fsp3) is 0.591. The Kier molecular flexibility index (Phi) is 7.16. The first-order valence-corrected chi connectivity index (χ1v) is 10.1. The second-order valence-corrected chi connectivity index (χ2v) is 7.44. The van der Waals surface area contributed by atoms with E-state index in [1.807, 2.05) is 18.2 Å². The van der Waals surface area contributed by atoms with E-state index in [2.05, 4.69) is 16.3 Å². The van der Waals surface area contributed by atoms with Crippen LogP contribution in [0.3, 0.4) is 0 Å². The Balaban J connectivity index is 1.56. The maximum atomic E-state index is 12.5. The van der Waals surface area contributed by atoms with Gasteiger partial charge >= 0.3 is 0 Å². The minimum absolute atomic E-state index is 0.111. The van der Waals surface area contributed by atoms with Crippen molar-refractivity contribution in [3.63, 3.8) is 0 Å². The number of likely N-dealkylation sites (tertiary alicyclic amines) is 1. The maximum Gasteiger partial charge on any atom is 0.234 e. The zero-order chi connectivity index (χ0) is 19.1. The van der Waals surface area contributed by atoms with Gasteiger partial charge in [0, 0.05) is 18.2 Å². The van der Waals surface area contributed by atoms with Crippen LogP contribution in [0.15, 0.2) is 29.8 Å². The number of hydrogen-bond donors (Lipinski definition) is 1. The van der Waals surface area contributed by atoms with E-state index in [0.717, 1.165) is 49.4 Å². The van der Waals surface area contributed by atoms with Gasteiger partial charge in [-0.25, -0.2) is 0 Å². The van der Waals surface area contributed by atoms with Gasteiger partial charge < -0.3 is 14.8 Å². The number of nitrogens with one attached hydrogen (secondary N) is 1. The fourth-order valence-electron chi connectivity index (χ4n) is 4.20. The largest absolute Gasteiger partial charge is 0.497 e. The Labute approximate surface area is 162 Å². The van der Waals surface area contributed by atoms with Gasteiger partial charge in [-0.05, 0) is 69.7 Å². The second-order valence-electron chi connectivity index (χ2n) is 7.44. The Bertz CT molecular complexity index is 672. The highest BCUT2D eigenvalue weighted by molar-refractivity contribution is 5.78. The third-order valence-electron chi connectivity index (χ3n) is 5.66. The molecule has 1 aliphatic carbocycles. The first kappa shape index (κ1) is 19.7. The second kappa shape index (κ2) is 9.79. The smallest absolute Gasteiger partial charge is 0.234 e. The Hall–Kier alpha value is -2.01. The van der Waals surface area contributed by atoms with Crippen LogP contribution in [0.5, 0.6) is 11.5 Å². The van der Waals surface area contributed by atoms with Crippen molar-refractivity contribution in [3.05, 3.63) is 35.4 Å². The highest BCUT2D eigenvalue weighted by Crippen LogP contribution is 2.38. The summed E-state index contributed by atoms with van der Waals surface area (Å²) >= 11 is 0. The lowest BCUT2D eigenvalue weighted by molar-refractivity contribution is -0.122. The van der Waals surface area contributed by atoms with Crippen molar-refractivity contribution in [1.82, 2.24) is 10.2 Å². The molecule has 0 radical (unpaired) electrons. The van der Waals surface area contributed by atoms with Crippen molar-refractivity contribution >= 4 is 5.91 Å². The van der Waals surface area contributed by atoms with Crippen molar-refractivity contribution < 1.29 is 14.3 Å². The molecule has 5 heteroatoms. The lowest BCUT2D eigenvalue weighted by atomic mass is 9.97. The van der Waals surface area contributed by atoms with Crippen LogP contribution >= 0.6 is 0 Å². The molecule has 1 unspecified atom stereocenters. The molecule has 3 rings (SSSR count). The first-order chi connectivity index (χ1) is 13.2. The van der Waals surface area contributed by atoms with Gasteiger partial charge in [-0.2, -0.15) is 0 Å². The van der Waals surface area contributed by atoms with E-state index in [9.17, 15) is 4.79 Å². The molecular weight excluding hydrogens is 340 g/mol. The van der Waals surface area contributed by atoms with Crippen molar-refractivity contribution in [2.45, 2.75) is 51.0 Å². The zero-order valence-electron chi connectivity index (χ0n) is 16.6. The number of nitrogens with zero attached hydrogens (tertiary/aromatic N) is 1. The number of amides is 1. The van der Waals surface area contributed by atoms with E-state index in [4.69, 9.17) is 9.47 Å². The molecule has 0 spiro atoms. The molecule has 148 valence electrons. The van der Waals surface area contributed by atoms with E-state index in [-0.39, 0.29) is 11.9 Å². The summed E-state index contributed by atoms with van der Waals surface area (Å²) in [6.07, 6.45) is 10.4. The Morgan fingerprint density at radius 1 is 1.22 bits per heavy atom. The summed E-state index contributed by atoms with van der Waals surface area (Å²) in [5.41, 5.74) is 2.61. The SMILES string of the molecule is COc1ccc(OC)c(C2CCCN2CC(=O)NCCC2=CCCCC2)c1. The summed E-state index contributed by atoms with van der Waals surface area (Å²) in [6.45, 7) is 2.11. The molecule has 27 heavy (non-hydrogen) atoms. The normalized spacial score (nSPS) is 20.2. The van der Waals surface area contributed by atoms with Crippen molar-refractivity contribution in [3.8, 4) is 11.5 Å². The number of methoxy groups -OCH3 is 2. The number of hydrogen-bond acceptors (Lipinski definition) is 4. The van der Waals surface area contributed by atoms with Gasteiger partial charge in [-0.3, -0.25) is 9.69 Å². The number of benzene rings is 1. The Morgan fingerprint density at radius 3 is 2.85 bits per heavy atom. The minimum Gasteiger partial charge on any atom is -0.497 e. The lowest BCUT2D eigenvalue weighted by Crippen LogP contribution is -2.37. The van der Waals surface area contributed by atoms with Crippen LogP contribution in [0, 0.1) is 0 Å². The summed E-state index contributed by atoms with van der Waals surface area (Å²) in [6, 6.07) is 6.09. The van der Waals surface area contributed by atoms with Crippen LogP contribution in [0.1, 0.15) is 56.6 Å². The molecule has 5 nitrogen and oxygen atoms in total. The summed E-state index contributed by atoms with van der Waals surface area (Å²) in [7, 11) is 3.37. The number of allylic oxidation sites excluding steroid dienone is 1. The highest BCUT2D eigenvalue weighted by atomic mass is 16.5. The molecule has 1 N–H and O–H groups in total. The van der Waals surface area contributed by atoms with Crippen LogP contribution in [-0.2, 0) is 4.79 Å². The molecule has 1 saturated heterocycles. The molecule has 1 aliphatic heterocycles. The van der Waals surface area contributed by atoms with E-state index < -0.39 is 0 Å². The van der Waals surface area contributed by atoms with Gasteiger partial charge in [0.15, 0.2) is 0 Å². The average molecular weight is 373 g/mol. The molecule has 0 bridgehead atoms. The predicted molar refractivity (Wildman–Crippen MR) is 107 cm³/mol. The summed E-state index contributed by atoms with van der Waals surface area (Å²) in [5.74, 6) is 1.79. The Morgan fingerprint density at radius 2 is 2.11 bits per heavy atom. The summed E-state index contributed by atoms with van der Waals surface area (Å²) in [5, 5.41) is 3.10. The molecule has 1 fully saturated rings. The number of rotatable bonds is 8. The van der Waals surface area contributed by atoms with E-state index in [0.29, 0.717) is 6.54 Å². The first-order valence-electron chi connectivity index (χ1n) is 10.1. The van der Waals surface area contributed by atoms with Gasteiger partial charge in [0.1, 0.15) is 11.5 Å². The molecule has 0 aromatic heterocycles. The van der Waals surface area contributed by atoms with Gasteiger partial charge in [-0.15, -0.1) is 0 Å². The van der Waals surface area contributed by atoms with E-state index in [1.54, 1.807) is 14.2 Å². The molecule has 1 aromatic rings. The predicted octanol–water partition coefficient (Wildman–Crippen LogP) is 3.85. The lowest BCUT2D eigenvalue weighted by Gasteiger charge is -2.26. The molecule has 1 amide bonds. The van der Waals surface area contributed by atoms with Crippen molar-refractivity contribution in [2.24, 2.45) is 0 Å². The van der Waals surface area contributed by atoms with Crippen molar-refractivity contribution in [1.29, 1.82) is 0 Å². The summed E-state index contributed by atoms with van der Waals surface area (Å²) < 4.78 is 10.9. The number of carbonyl (C=O) groups excluding carboxylic acids is 1. The third-order valence-corrected chi connectivity index (χ3v) is 5.66. The van der Waals surface area contributed by atoms with Crippen molar-refractivity contribution in [2.75, 3.05) is 33.9 Å². The van der Waals surface area contributed by atoms with Gasteiger partial charge in [0.05, 0.1) is 20.8 Å². The fourth-order valence-corrected chi connectivity index (χ4v) is 4.20. The van der Waals surface area contributed by atoms with Crippen LogP contribution in [0.4, 0.5) is 0 Å². The standard InChI is InChI=1S/C22H32N2O3/c1-26-18-10-11-21(27-2)19(15-18)20-9-6-14-24(20)16-22(25)23-13-12-17-7-4-3-5-8-17/h7,10-11,15,20H,3-6,8-9,12-14,16H2,1-2H3,(H,23,25). The maximum absolute atomic E-state index is 12.5. The monoisotopic (exact) mass is 372 g/mol. The van der Waals surface area contributed by atoms with Gasteiger partial charge in [0.2, 0.25) is 5.91 Å². The molecule has 0 saturated carbocycles. The van der Waals surface area contributed by atoms with Crippen LogP contribution < -0.4 is 14.8 Å². The molecule has 1 atom stereocenters. The van der Waals surface area contributed by atoms with E-state index in [1.165, 1.54) is 31.3 Å². The van der Waals surface area contributed by atoms with Crippen LogP contribution in [-0.4, -0.2) is 44.7 Å². The number of carbonyl (C=O) groups is 1. The van der Waals surface area contributed by atoms with E-state index >= 15 is 0 Å². The van der Waals surface area contributed by atoms with Gasteiger partial charge in [-0.1, -0.05) is 11.6 Å². The minimum atomic E-state index is 0.111. The summed E-state index contributed by atoms with van der Waals surface area (Å²) in [4.78, 5) is 14.7. The molecular formula is C22H32N2O3. The number of ether oxygens (including phenoxy) is 2. The molecule has 1 aromatic carbocycles.